The van der Waals surface area contributed by atoms with E-state index >= 15 is 0 Å². The van der Waals surface area contributed by atoms with Crippen molar-refractivity contribution in [2.24, 2.45) is 0 Å². The second kappa shape index (κ2) is 6.00. The zero-order valence-corrected chi connectivity index (χ0v) is 12.0. The smallest absolute Gasteiger partial charge is 0.134 e. The molecule has 0 aliphatic heterocycles. The lowest BCUT2D eigenvalue weighted by molar-refractivity contribution is 0.290. The molecule has 102 valence electrons. The Hall–Kier alpha value is -1.36. The Kier molecular flexibility index (Phi) is 4.90. The van der Waals surface area contributed by atoms with E-state index in [0.29, 0.717) is 0 Å². The van der Waals surface area contributed by atoms with Crippen molar-refractivity contribution >= 4 is 11.6 Å². The summed E-state index contributed by atoms with van der Waals surface area (Å²) in [4.78, 5) is 10.8. The molecule has 1 aromatic rings. The molecular formula is C13H24N4O. The molecule has 0 saturated heterocycles. The van der Waals surface area contributed by atoms with E-state index in [9.17, 15) is 0 Å². The second-order valence-electron chi connectivity index (χ2n) is 5.53. The monoisotopic (exact) mass is 252 g/mol. The number of anilines is 2. The van der Waals surface area contributed by atoms with Gasteiger partial charge in [0.2, 0.25) is 0 Å². The predicted molar refractivity (Wildman–Crippen MR) is 75.1 cm³/mol. The summed E-state index contributed by atoms with van der Waals surface area (Å²) in [6.07, 6.45) is 0.738. The number of aromatic nitrogens is 2. The lowest BCUT2D eigenvalue weighted by Gasteiger charge is -2.23. The lowest BCUT2D eigenvalue weighted by Crippen LogP contribution is -2.27. The molecule has 5 nitrogen and oxygen atoms in total. The van der Waals surface area contributed by atoms with E-state index in [4.69, 9.17) is 5.11 Å². The third-order valence-corrected chi connectivity index (χ3v) is 2.37. The van der Waals surface area contributed by atoms with Crippen LogP contribution in [0.15, 0.2) is 6.07 Å². The van der Waals surface area contributed by atoms with Crippen molar-refractivity contribution in [3.05, 3.63) is 11.9 Å². The van der Waals surface area contributed by atoms with Crippen LogP contribution >= 0.6 is 0 Å². The molecule has 0 radical (unpaired) electrons. The molecule has 1 heterocycles. The summed E-state index contributed by atoms with van der Waals surface area (Å²) in [5.74, 6) is 2.46. The maximum absolute atomic E-state index is 8.85. The summed E-state index contributed by atoms with van der Waals surface area (Å²) in [5, 5.41) is 12.2. The van der Waals surface area contributed by atoms with Gasteiger partial charge >= 0.3 is 0 Å². The molecule has 0 unspecified atom stereocenters. The minimum Gasteiger partial charge on any atom is -0.396 e. The van der Waals surface area contributed by atoms with Gasteiger partial charge in [0.05, 0.1) is 0 Å². The third-order valence-electron chi connectivity index (χ3n) is 2.37. The molecule has 1 aromatic heterocycles. The first-order chi connectivity index (χ1) is 8.31. The molecule has 0 saturated carbocycles. The van der Waals surface area contributed by atoms with Crippen LogP contribution in [-0.4, -0.2) is 40.8 Å². The van der Waals surface area contributed by atoms with Crippen LogP contribution in [-0.2, 0) is 0 Å². The topological polar surface area (TPSA) is 61.3 Å². The van der Waals surface area contributed by atoms with E-state index in [1.807, 2.05) is 24.9 Å². The van der Waals surface area contributed by atoms with E-state index in [1.165, 1.54) is 0 Å². The third kappa shape index (κ3) is 4.87. The number of hydrogen-bond donors (Lipinski definition) is 2. The minimum absolute atomic E-state index is 0.0261. The van der Waals surface area contributed by atoms with Crippen molar-refractivity contribution in [1.29, 1.82) is 0 Å². The molecule has 0 spiro atoms. The fourth-order valence-corrected chi connectivity index (χ4v) is 1.62. The average molecular weight is 252 g/mol. The first-order valence-electron chi connectivity index (χ1n) is 6.28. The fraction of sp³-hybridized carbons (Fsp3) is 0.692. The number of hydrogen-bond acceptors (Lipinski definition) is 5. The van der Waals surface area contributed by atoms with Crippen molar-refractivity contribution in [2.45, 2.75) is 39.7 Å². The number of aryl methyl sites for hydroxylation is 1. The molecule has 0 fully saturated rings. The molecule has 0 bridgehead atoms. The largest absolute Gasteiger partial charge is 0.396 e. The van der Waals surface area contributed by atoms with Gasteiger partial charge in [-0.2, -0.15) is 0 Å². The second-order valence-corrected chi connectivity index (χ2v) is 5.53. The molecule has 2 N–H and O–H groups in total. The van der Waals surface area contributed by atoms with Crippen molar-refractivity contribution in [3.63, 3.8) is 0 Å². The molecule has 0 aromatic carbocycles. The summed E-state index contributed by atoms with van der Waals surface area (Å²) in [5.41, 5.74) is -0.0261. The minimum atomic E-state index is -0.0261. The Bertz CT molecular complexity index is 387. The van der Waals surface area contributed by atoms with Gasteiger partial charge in [-0.15, -0.1) is 0 Å². The highest BCUT2D eigenvalue weighted by Gasteiger charge is 2.12. The zero-order valence-electron chi connectivity index (χ0n) is 12.0. The number of aliphatic hydroxyl groups is 1. The predicted octanol–water partition coefficient (Wildman–Crippen LogP) is 1.81. The SMILES string of the molecule is Cc1nc(NC(C)(C)C)cc(N(C)CCCO)n1. The molecule has 0 amide bonds. The van der Waals surface area contributed by atoms with Crippen LogP contribution in [0, 0.1) is 6.92 Å². The number of nitrogens with zero attached hydrogens (tertiary/aromatic N) is 3. The van der Waals surface area contributed by atoms with E-state index in [2.05, 4.69) is 36.1 Å². The van der Waals surface area contributed by atoms with Gasteiger partial charge in [0.15, 0.2) is 0 Å². The molecule has 5 heteroatoms. The number of nitrogens with one attached hydrogen (secondary N) is 1. The summed E-state index contributed by atoms with van der Waals surface area (Å²) in [7, 11) is 1.97. The van der Waals surface area contributed by atoms with Crippen molar-refractivity contribution in [2.75, 3.05) is 30.4 Å². The van der Waals surface area contributed by atoms with Gasteiger partial charge in [0.1, 0.15) is 17.5 Å². The van der Waals surface area contributed by atoms with Gasteiger partial charge < -0.3 is 15.3 Å². The highest BCUT2D eigenvalue weighted by atomic mass is 16.3. The normalized spacial score (nSPS) is 11.4. The first kappa shape index (κ1) is 14.7. The van der Waals surface area contributed by atoms with E-state index in [-0.39, 0.29) is 12.1 Å². The van der Waals surface area contributed by atoms with Gasteiger partial charge in [-0.3, -0.25) is 0 Å². The Morgan fingerprint density at radius 2 is 2.00 bits per heavy atom. The summed E-state index contributed by atoms with van der Waals surface area (Å²) >= 11 is 0. The van der Waals surface area contributed by atoms with Crippen LogP contribution in [0.5, 0.6) is 0 Å². The van der Waals surface area contributed by atoms with Crippen LogP contribution < -0.4 is 10.2 Å². The quantitative estimate of drug-likeness (QED) is 0.837. The van der Waals surface area contributed by atoms with Crippen LogP contribution in [0.3, 0.4) is 0 Å². The van der Waals surface area contributed by atoms with Gasteiger partial charge in [-0.25, -0.2) is 9.97 Å². The standard InChI is InChI=1S/C13H24N4O/c1-10-14-11(16-13(2,3)4)9-12(15-10)17(5)7-6-8-18/h9,18H,6-8H2,1-5H3,(H,14,15,16). The Morgan fingerprint density at radius 3 is 2.56 bits per heavy atom. The van der Waals surface area contributed by atoms with Gasteiger partial charge in [0, 0.05) is 31.8 Å². The summed E-state index contributed by atoms with van der Waals surface area (Å²) in [6, 6.07) is 1.94. The molecular weight excluding hydrogens is 228 g/mol. The Balaban J connectivity index is 2.86. The Labute approximate surface area is 109 Å². The summed E-state index contributed by atoms with van der Waals surface area (Å²) in [6.45, 7) is 9.15. The summed E-state index contributed by atoms with van der Waals surface area (Å²) < 4.78 is 0. The molecule has 0 aliphatic rings. The van der Waals surface area contributed by atoms with Gasteiger partial charge in [-0.1, -0.05) is 0 Å². The fourth-order valence-electron chi connectivity index (χ4n) is 1.62. The number of rotatable bonds is 5. The van der Waals surface area contributed by atoms with E-state index in [1.54, 1.807) is 0 Å². The van der Waals surface area contributed by atoms with Crippen molar-refractivity contribution in [3.8, 4) is 0 Å². The Morgan fingerprint density at radius 1 is 1.33 bits per heavy atom. The number of aliphatic hydroxyl groups excluding tert-OH is 1. The van der Waals surface area contributed by atoms with Crippen LogP contribution in [0.2, 0.25) is 0 Å². The molecule has 0 atom stereocenters. The van der Waals surface area contributed by atoms with E-state index < -0.39 is 0 Å². The highest BCUT2D eigenvalue weighted by Crippen LogP contribution is 2.18. The average Bonchev–Trinajstić information content (AvgIpc) is 2.22. The van der Waals surface area contributed by atoms with E-state index in [0.717, 1.165) is 30.4 Å². The van der Waals surface area contributed by atoms with Crippen molar-refractivity contribution in [1.82, 2.24) is 9.97 Å². The molecule has 1 rings (SSSR count). The van der Waals surface area contributed by atoms with Crippen molar-refractivity contribution < 1.29 is 5.11 Å². The van der Waals surface area contributed by atoms with Gasteiger partial charge in [-0.05, 0) is 34.1 Å². The first-order valence-corrected chi connectivity index (χ1v) is 6.28. The molecule has 0 aliphatic carbocycles. The maximum atomic E-state index is 8.85. The highest BCUT2D eigenvalue weighted by molar-refractivity contribution is 5.49. The van der Waals surface area contributed by atoms with Crippen LogP contribution in [0.4, 0.5) is 11.6 Å². The van der Waals surface area contributed by atoms with Crippen LogP contribution in [0.1, 0.15) is 33.0 Å². The zero-order chi connectivity index (χ0) is 13.8. The lowest BCUT2D eigenvalue weighted by atomic mass is 10.1. The molecule has 18 heavy (non-hydrogen) atoms. The van der Waals surface area contributed by atoms with Crippen LogP contribution in [0.25, 0.3) is 0 Å². The maximum Gasteiger partial charge on any atom is 0.134 e. The van der Waals surface area contributed by atoms with Gasteiger partial charge in [0.25, 0.3) is 0 Å².